The van der Waals surface area contributed by atoms with Crippen LogP contribution in [0.25, 0.3) is 0 Å². The molecule has 0 N–H and O–H groups in total. The van der Waals surface area contributed by atoms with Gasteiger partial charge in [0.25, 0.3) is 5.22 Å². The van der Waals surface area contributed by atoms with E-state index in [1.54, 1.807) is 27.4 Å². The van der Waals surface area contributed by atoms with Gasteiger partial charge in [-0.3, -0.25) is 4.79 Å². The molecule has 0 bridgehead atoms. The van der Waals surface area contributed by atoms with Gasteiger partial charge in [0.2, 0.25) is 21.8 Å². The molecular weight excluding hydrogens is 460 g/mol. The average molecular weight is 491 g/mol. The molecule has 2 fully saturated rings. The highest BCUT2D eigenvalue weighted by Crippen LogP contribution is 2.34. The number of aryl methyl sites for hydroxylation is 1. The van der Waals surface area contributed by atoms with E-state index in [4.69, 9.17) is 4.42 Å². The molecular formula is C23H30N4O4S2. The van der Waals surface area contributed by atoms with Crippen molar-refractivity contribution >= 4 is 33.4 Å². The molecule has 1 aliphatic carbocycles. The molecule has 1 aromatic heterocycles. The Bertz CT molecular complexity index is 1110. The zero-order valence-electron chi connectivity index (χ0n) is 18.7. The van der Waals surface area contributed by atoms with Crippen LogP contribution in [-0.2, 0) is 21.2 Å². The fourth-order valence-electron chi connectivity index (χ4n) is 5.07. The summed E-state index contributed by atoms with van der Waals surface area (Å²) in [6.45, 7) is 1.79. The molecule has 178 valence electrons. The molecule has 1 amide bonds. The lowest BCUT2D eigenvalue weighted by Gasteiger charge is -2.30. The Morgan fingerprint density at radius 2 is 1.82 bits per heavy atom. The number of thioether (sulfide) groups is 1. The van der Waals surface area contributed by atoms with E-state index in [1.807, 2.05) is 0 Å². The highest BCUT2D eigenvalue weighted by Gasteiger charge is 2.30. The number of carbonyl (C=O) groups excluding carboxylic acids is 1. The van der Waals surface area contributed by atoms with Crippen molar-refractivity contribution in [3.63, 3.8) is 0 Å². The number of rotatable bonds is 6. The second-order valence-electron chi connectivity index (χ2n) is 9.08. The van der Waals surface area contributed by atoms with Crippen molar-refractivity contribution in [1.29, 1.82) is 0 Å². The second kappa shape index (κ2) is 9.76. The molecule has 1 saturated heterocycles. The summed E-state index contributed by atoms with van der Waals surface area (Å²) < 4.78 is 33.2. The summed E-state index contributed by atoms with van der Waals surface area (Å²) in [6.07, 6.45) is 9.23. The van der Waals surface area contributed by atoms with E-state index in [0.717, 1.165) is 49.8 Å². The largest absolute Gasteiger partial charge is 0.416 e. The van der Waals surface area contributed by atoms with E-state index in [1.165, 1.54) is 31.0 Å². The zero-order valence-corrected chi connectivity index (χ0v) is 20.4. The normalized spacial score (nSPS) is 20.2. The van der Waals surface area contributed by atoms with Gasteiger partial charge in [0, 0.05) is 31.2 Å². The SMILES string of the molecule is O=C(CSc1nnc(C2CCCCC2)o1)N1CCCc2cc(S(=O)(=O)N3CCCC3)ccc21. The number of sulfonamides is 1. The summed E-state index contributed by atoms with van der Waals surface area (Å²) in [5, 5.41) is 8.78. The van der Waals surface area contributed by atoms with Crippen LogP contribution in [0.2, 0.25) is 0 Å². The van der Waals surface area contributed by atoms with Crippen molar-refractivity contribution < 1.29 is 17.6 Å². The predicted octanol–water partition coefficient (Wildman–Crippen LogP) is 3.97. The van der Waals surface area contributed by atoms with Gasteiger partial charge in [-0.1, -0.05) is 31.0 Å². The highest BCUT2D eigenvalue weighted by molar-refractivity contribution is 7.99. The van der Waals surface area contributed by atoms with Gasteiger partial charge in [-0.2, -0.15) is 4.31 Å². The number of fused-ring (bicyclic) bond motifs is 1. The van der Waals surface area contributed by atoms with Crippen LogP contribution in [0.4, 0.5) is 5.69 Å². The lowest BCUT2D eigenvalue weighted by Crippen LogP contribution is -2.37. The number of benzene rings is 1. The molecule has 33 heavy (non-hydrogen) atoms. The second-order valence-corrected chi connectivity index (χ2v) is 11.9. The molecule has 2 aliphatic heterocycles. The maximum atomic E-state index is 13.0. The Labute approximate surface area is 199 Å². The van der Waals surface area contributed by atoms with Crippen LogP contribution in [0.15, 0.2) is 32.7 Å². The van der Waals surface area contributed by atoms with Gasteiger partial charge >= 0.3 is 0 Å². The molecule has 10 heteroatoms. The highest BCUT2D eigenvalue weighted by atomic mass is 32.2. The Balaban J connectivity index is 1.25. The van der Waals surface area contributed by atoms with Crippen molar-refractivity contribution in [1.82, 2.24) is 14.5 Å². The number of anilines is 1. The zero-order chi connectivity index (χ0) is 22.8. The summed E-state index contributed by atoms with van der Waals surface area (Å²) in [4.78, 5) is 15.1. The van der Waals surface area contributed by atoms with Gasteiger partial charge in [0.05, 0.1) is 10.6 Å². The third-order valence-corrected chi connectivity index (χ3v) is 9.57. The molecule has 3 aliphatic rings. The summed E-state index contributed by atoms with van der Waals surface area (Å²) >= 11 is 1.27. The molecule has 8 nitrogen and oxygen atoms in total. The maximum Gasteiger partial charge on any atom is 0.277 e. The minimum Gasteiger partial charge on any atom is -0.416 e. The molecule has 5 rings (SSSR count). The fourth-order valence-corrected chi connectivity index (χ4v) is 7.28. The number of amides is 1. The van der Waals surface area contributed by atoms with Crippen molar-refractivity contribution in [2.45, 2.75) is 73.8 Å². The Hall–Kier alpha value is -1.91. The third-order valence-electron chi connectivity index (χ3n) is 6.87. The molecule has 1 aromatic carbocycles. The molecule has 1 saturated carbocycles. The Morgan fingerprint density at radius 1 is 1.03 bits per heavy atom. The van der Waals surface area contributed by atoms with Crippen LogP contribution in [0.1, 0.15) is 68.7 Å². The first kappa shape index (κ1) is 22.9. The topological polar surface area (TPSA) is 96.6 Å². The van der Waals surface area contributed by atoms with Crippen LogP contribution in [0.5, 0.6) is 0 Å². The molecule has 0 unspecified atom stereocenters. The Kier molecular flexibility index (Phi) is 6.76. The summed E-state index contributed by atoms with van der Waals surface area (Å²) in [5.41, 5.74) is 1.72. The van der Waals surface area contributed by atoms with E-state index in [-0.39, 0.29) is 11.7 Å². The monoisotopic (exact) mass is 490 g/mol. The number of hydrogen-bond acceptors (Lipinski definition) is 7. The Morgan fingerprint density at radius 3 is 2.61 bits per heavy atom. The average Bonchev–Trinajstić information content (AvgIpc) is 3.55. The van der Waals surface area contributed by atoms with Crippen LogP contribution in [0.3, 0.4) is 0 Å². The van der Waals surface area contributed by atoms with Crippen LogP contribution in [0, 0.1) is 0 Å². The lowest BCUT2D eigenvalue weighted by molar-refractivity contribution is -0.116. The molecule has 0 radical (unpaired) electrons. The van der Waals surface area contributed by atoms with E-state index < -0.39 is 10.0 Å². The van der Waals surface area contributed by atoms with Gasteiger partial charge in [-0.25, -0.2) is 8.42 Å². The van der Waals surface area contributed by atoms with Gasteiger partial charge in [0.1, 0.15) is 0 Å². The van der Waals surface area contributed by atoms with Gasteiger partial charge in [-0.05, 0) is 62.3 Å². The predicted molar refractivity (Wildman–Crippen MR) is 126 cm³/mol. The van der Waals surface area contributed by atoms with E-state index >= 15 is 0 Å². The van der Waals surface area contributed by atoms with Gasteiger partial charge in [0.15, 0.2) is 0 Å². The first-order chi connectivity index (χ1) is 16.0. The molecule has 0 spiro atoms. The van der Waals surface area contributed by atoms with Crippen molar-refractivity contribution in [3.05, 3.63) is 29.7 Å². The number of nitrogens with zero attached hydrogens (tertiary/aromatic N) is 4. The smallest absolute Gasteiger partial charge is 0.277 e. The number of carbonyl (C=O) groups is 1. The quantitative estimate of drug-likeness (QED) is 0.565. The van der Waals surface area contributed by atoms with Crippen molar-refractivity contribution in [2.75, 3.05) is 30.3 Å². The third kappa shape index (κ3) is 4.83. The maximum absolute atomic E-state index is 13.0. The number of aromatic nitrogens is 2. The van der Waals surface area contributed by atoms with Crippen LogP contribution < -0.4 is 4.90 Å². The standard InChI is InChI=1S/C23H30N4O4S2/c28-21(16-32-23-25-24-22(31-23)17-7-2-1-3-8-17)27-14-6-9-18-15-19(10-11-20(18)27)33(29,30)26-12-4-5-13-26/h10-11,15,17H,1-9,12-14,16H2. The molecule has 2 aromatic rings. The molecule has 0 atom stereocenters. The molecule has 3 heterocycles. The lowest BCUT2D eigenvalue weighted by atomic mass is 9.89. The number of hydrogen-bond donors (Lipinski definition) is 0. The van der Waals surface area contributed by atoms with E-state index in [9.17, 15) is 13.2 Å². The van der Waals surface area contributed by atoms with Crippen molar-refractivity contribution in [3.8, 4) is 0 Å². The summed E-state index contributed by atoms with van der Waals surface area (Å²) in [5.74, 6) is 1.21. The van der Waals surface area contributed by atoms with E-state index in [0.29, 0.717) is 41.6 Å². The fraction of sp³-hybridized carbons (Fsp3) is 0.609. The van der Waals surface area contributed by atoms with Crippen molar-refractivity contribution in [2.24, 2.45) is 0 Å². The van der Waals surface area contributed by atoms with Gasteiger partial charge in [-0.15, -0.1) is 10.2 Å². The van der Waals surface area contributed by atoms with Gasteiger partial charge < -0.3 is 9.32 Å². The summed E-state index contributed by atoms with van der Waals surface area (Å²) in [6, 6.07) is 5.18. The van der Waals surface area contributed by atoms with Crippen LogP contribution >= 0.6 is 11.8 Å². The minimum atomic E-state index is -3.47. The summed E-state index contributed by atoms with van der Waals surface area (Å²) in [7, 11) is -3.47. The first-order valence-electron chi connectivity index (χ1n) is 11.9. The van der Waals surface area contributed by atoms with E-state index in [2.05, 4.69) is 10.2 Å². The minimum absolute atomic E-state index is 0.0338. The first-order valence-corrected chi connectivity index (χ1v) is 14.3. The van der Waals surface area contributed by atoms with Crippen LogP contribution in [-0.4, -0.2) is 54.2 Å².